The third-order valence-corrected chi connectivity index (χ3v) is 9.89. The topological polar surface area (TPSA) is 160 Å². The summed E-state index contributed by atoms with van der Waals surface area (Å²) >= 11 is 0. The van der Waals surface area contributed by atoms with Crippen molar-refractivity contribution in [2.45, 2.75) is 53.2 Å². The molecule has 0 aromatic heterocycles. The zero-order valence-corrected chi connectivity index (χ0v) is 36.2. The number of hydrogen-bond acceptors (Lipinski definition) is 12. The molecular weight excluding hydrogens is 790 g/mol. The highest BCUT2D eigenvalue weighted by atomic mass is 19.1. The van der Waals surface area contributed by atoms with Gasteiger partial charge in [-0.15, -0.1) is 0 Å². The molecule has 3 amide bonds. The van der Waals surface area contributed by atoms with Crippen molar-refractivity contribution in [1.29, 1.82) is 0 Å². The zero-order valence-electron chi connectivity index (χ0n) is 36.2. The fraction of sp³-hybridized carbons (Fsp3) is 0.489. The second-order valence-corrected chi connectivity index (χ2v) is 16.1. The molecule has 2 heterocycles. The summed E-state index contributed by atoms with van der Waals surface area (Å²) in [7, 11) is 1.94. The third kappa shape index (κ3) is 12.9. The molecule has 1 saturated heterocycles. The molecule has 1 aliphatic carbocycles. The van der Waals surface area contributed by atoms with Crippen LogP contribution in [0.3, 0.4) is 0 Å². The lowest BCUT2D eigenvalue weighted by atomic mass is 9.89. The lowest BCUT2D eigenvalue weighted by molar-refractivity contribution is 0.0207. The van der Waals surface area contributed by atoms with Crippen LogP contribution < -0.4 is 15.5 Å². The molecule has 0 radical (unpaired) electrons. The summed E-state index contributed by atoms with van der Waals surface area (Å²) in [6, 6.07) is 14.2. The van der Waals surface area contributed by atoms with Crippen molar-refractivity contribution in [2.24, 2.45) is 0 Å². The molecule has 3 aliphatic rings. The molecule has 0 bridgehead atoms. The Labute approximate surface area is 356 Å². The number of halogens is 1. The van der Waals surface area contributed by atoms with E-state index in [0.29, 0.717) is 98.9 Å². The van der Waals surface area contributed by atoms with Gasteiger partial charge in [-0.1, -0.05) is 6.07 Å². The fourth-order valence-electron chi connectivity index (χ4n) is 6.85. The summed E-state index contributed by atoms with van der Waals surface area (Å²) in [5, 5.41) is 3.54. The van der Waals surface area contributed by atoms with Gasteiger partial charge in [0, 0.05) is 99.7 Å². The van der Waals surface area contributed by atoms with Gasteiger partial charge >= 0.3 is 18.2 Å². The largest absolute Gasteiger partial charge is 0.494 e. The lowest BCUT2D eigenvalue weighted by Gasteiger charge is -2.34. The number of carbonyl (C=O) groups excluding carboxylic acids is 4. The van der Waals surface area contributed by atoms with Crippen LogP contribution in [0, 0.1) is 0 Å². The predicted molar refractivity (Wildman–Crippen MR) is 229 cm³/mol. The molecule has 61 heavy (non-hydrogen) atoms. The molecule has 16 heteroatoms. The van der Waals surface area contributed by atoms with Gasteiger partial charge in [-0.05, 0) is 90.6 Å². The van der Waals surface area contributed by atoms with Crippen LogP contribution in [-0.4, -0.2) is 148 Å². The quantitative estimate of drug-likeness (QED) is 0.104. The number of likely N-dealkylation sites (N-methyl/N-ethyl adjacent to an activating group) is 1. The minimum atomic E-state index is -0.899. The minimum absolute atomic E-state index is 0.0132. The Morgan fingerprint density at radius 3 is 2.18 bits per heavy atom. The number of hydrogen-bond donors (Lipinski definition) is 1. The van der Waals surface area contributed by atoms with E-state index in [1.165, 1.54) is 18.2 Å². The van der Waals surface area contributed by atoms with Gasteiger partial charge in [-0.2, -0.15) is 0 Å². The van der Waals surface area contributed by atoms with Crippen LogP contribution in [0.5, 0.6) is 5.75 Å². The highest BCUT2D eigenvalue weighted by Crippen LogP contribution is 2.42. The van der Waals surface area contributed by atoms with Gasteiger partial charge in [-0.25, -0.2) is 18.8 Å². The Hall–Kier alpha value is -5.74. The number of rotatable bonds is 11. The van der Waals surface area contributed by atoms with Gasteiger partial charge in [0.15, 0.2) is 5.43 Å². The second kappa shape index (κ2) is 21.2. The first-order valence-corrected chi connectivity index (χ1v) is 20.7. The zero-order chi connectivity index (χ0) is 44.3. The average molecular weight is 848 g/mol. The molecule has 2 aliphatic heterocycles. The number of nitrogens with zero attached hydrogens (tertiary/aromatic N) is 4. The number of benzene rings is 3. The molecule has 330 valence electrons. The standard InChI is InChI=1S/C45H58FN5O10/c1-8-57-33-11-14-36-39(29-33)60-38-28-32(52)10-13-35(38)40(36)34-12-9-31(27-37(34)42(54)58-26-15-46)41(53)47-16-17-49-20-24-50(43(55)59-30(2)3)22-18-48(7)19-23-51(25-21-49)44(56)61-45(4,5)6/h9-14,27-30H,8,15-26H2,1-7H3,(H,47,53). The van der Waals surface area contributed by atoms with E-state index in [2.05, 4.69) is 15.1 Å². The van der Waals surface area contributed by atoms with Crippen molar-refractivity contribution in [3.63, 3.8) is 0 Å². The third-order valence-electron chi connectivity index (χ3n) is 9.89. The summed E-state index contributed by atoms with van der Waals surface area (Å²) in [5.41, 5.74) is 1.08. The maximum atomic E-state index is 13.8. The maximum Gasteiger partial charge on any atom is 0.410 e. The van der Waals surface area contributed by atoms with Crippen LogP contribution in [0.2, 0.25) is 0 Å². The number of nitrogens with one attached hydrogen (secondary N) is 1. The number of esters is 1. The molecule has 1 fully saturated rings. The summed E-state index contributed by atoms with van der Waals surface area (Å²) in [5.74, 6) is -0.493. The van der Waals surface area contributed by atoms with Gasteiger partial charge in [0.1, 0.15) is 36.0 Å². The molecule has 0 atom stereocenters. The molecule has 0 unspecified atom stereocenters. The normalized spacial score (nSPS) is 15.0. The van der Waals surface area contributed by atoms with Gasteiger partial charge < -0.3 is 43.4 Å². The van der Waals surface area contributed by atoms with Gasteiger partial charge in [-0.3, -0.25) is 14.5 Å². The summed E-state index contributed by atoms with van der Waals surface area (Å²) in [6.07, 6.45) is -1.12. The Morgan fingerprint density at radius 2 is 1.52 bits per heavy atom. The molecule has 5 rings (SSSR count). The van der Waals surface area contributed by atoms with E-state index in [4.69, 9.17) is 23.4 Å². The van der Waals surface area contributed by atoms with E-state index in [9.17, 15) is 28.4 Å². The Bertz CT molecular complexity index is 2190. The predicted octanol–water partition coefficient (Wildman–Crippen LogP) is 6.15. The van der Waals surface area contributed by atoms with Crippen LogP contribution >= 0.6 is 0 Å². The van der Waals surface area contributed by atoms with E-state index >= 15 is 0 Å². The highest BCUT2D eigenvalue weighted by molar-refractivity contribution is 6.09. The van der Waals surface area contributed by atoms with Crippen molar-refractivity contribution < 1.29 is 46.9 Å². The van der Waals surface area contributed by atoms with E-state index < -0.39 is 42.9 Å². The second-order valence-electron chi connectivity index (χ2n) is 16.1. The number of carbonyl (C=O) groups is 4. The highest BCUT2D eigenvalue weighted by Gasteiger charge is 2.27. The Kier molecular flexibility index (Phi) is 16.1. The van der Waals surface area contributed by atoms with Crippen molar-refractivity contribution in [2.75, 3.05) is 92.4 Å². The van der Waals surface area contributed by atoms with Gasteiger partial charge in [0.05, 0.1) is 18.3 Å². The van der Waals surface area contributed by atoms with E-state index in [1.54, 1.807) is 60.0 Å². The Morgan fingerprint density at radius 1 is 0.852 bits per heavy atom. The van der Waals surface area contributed by atoms with Crippen LogP contribution in [0.25, 0.3) is 33.4 Å². The average Bonchev–Trinajstić information content (AvgIpc) is 3.19. The van der Waals surface area contributed by atoms with E-state index in [0.717, 1.165) is 0 Å². The van der Waals surface area contributed by atoms with E-state index in [-0.39, 0.29) is 35.0 Å². The van der Waals surface area contributed by atoms with Gasteiger partial charge in [0.2, 0.25) is 0 Å². The number of alkyl halides is 1. The molecule has 1 N–H and O–H groups in total. The molecule has 15 nitrogen and oxygen atoms in total. The molecule has 0 spiro atoms. The van der Waals surface area contributed by atoms with Crippen LogP contribution in [0.4, 0.5) is 14.0 Å². The monoisotopic (exact) mass is 847 g/mol. The molecular formula is C45H58FN5O10. The van der Waals surface area contributed by atoms with Crippen molar-refractivity contribution in [3.8, 4) is 28.2 Å². The van der Waals surface area contributed by atoms with Crippen molar-refractivity contribution >= 4 is 35.0 Å². The first kappa shape index (κ1) is 46.3. The van der Waals surface area contributed by atoms with Crippen LogP contribution in [-0.2, 0) is 14.2 Å². The smallest absolute Gasteiger partial charge is 0.410 e. The number of amides is 3. The lowest BCUT2D eigenvalue weighted by Crippen LogP contribution is -2.49. The number of ether oxygens (including phenoxy) is 4. The van der Waals surface area contributed by atoms with Crippen molar-refractivity contribution in [1.82, 2.24) is 24.9 Å². The minimum Gasteiger partial charge on any atom is -0.494 e. The van der Waals surface area contributed by atoms with Crippen LogP contribution in [0.1, 0.15) is 62.3 Å². The van der Waals surface area contributed by atoms with Crippen LogP contribution in [0.15, 0.2) is 63.8 Å². The Balaban J connectivity index is 1.41. The number of fused-ring (bicyclic) bond motifs is 2. The van der Waals surface area contributed by atoms with Gasteiger partial charge in [0.25, 0.3) is 5.91 Å². The first-order chi connectivity index (χ1) is 29.1. The summed E-state index contributed by atoms with van der Waals surface area (Å²) < 4.78 is 41.6. The molecule has 2 aromatic rings. The SMILES string of the molecule is CCOc1ccc2c(-c3ccc(C(=O)NCCN4CCN(C(=O)OC(C)C)CCN(C)CCN(C(=O)OC(C)(C)C)CC4)cc3C(=O)OCCF)c3ccc(=O)cc-3oc2c1. The summed E-state index contributed by atoms with van der Waals surface area (Å²) in [6.45, 7) is 14.0. The maximum absolute atomic E-state index is 13.8. The first-order valence-electron chi connectivity index (χ1n) is 20.7. The van der Waals surface area contributed by atoms with Crippen molar-refractivity contribution in [3.05, 3.63) is 75.9 Å². The fourth-order valence-corrected chi connectivity index (χ4v) is 6.85. The molecule has 0 saturated carbocycles. The van der Waals surface area contributed by atoms with E-state index in [1.807, 2.05) is 34.7 Å². The summed E-state index contributed by atoms with van der Waals surface area (Å²) in [4.78, 5) is 73.6. The molecule has 2 aromatic carbocycles.